The Morgan fingerprint density at radius 1 is 1.32 bits per heavy atom. The number of hydrogen-bond donors (Lipinski definition) is 1. The zero-order valence-electron chi connectivity index (χ0n) is 19.2. The number of halogens is 1. The number of carbonyl (C=O) groups excluding carboxylic acids is 1. The molecule has 0 unspecified atom stereocenters. The first-order valence-corrected chi connectivity index (χ1v) is 11.5. The molecule has 2 aliphatic carbocycles. The molecule has 1 N–H and O–H groups in total. The molecule has 4 aliphatic rings. The maximum Gasteiger partial charge on any atom is 0.274 e. The molecule has 2 aliphatic heterocycles. The summed E-state index contributed by atoms with van der Waals surface area (Å²) in [5, 5.41) is 2.66. The molecule has 2 saturated heterocycles. The first kappa shape index (κ1) is 21.3. The van der Waals surface area contributed by atoms with Crippen LogP contribution in [0.2, 0.25) is 0 Å². The van der Waals surface area contributed by atoms with Crippen molar-refractivity contribution in [2.24, 2.45) is 0 Å². The van der Waals surface area contributed by atoms with E-state index in [0.717, 1.165) is 18.5 Å². The van der Waals surface area contributed by atoms with Gasteiger partial charge in [-0.15, -0.1) is 0 Å². The van der Waals surface area contributed by atoms with Gasteiger partial charge >= 0.3 is 0 Å². The lowest BCUT2D eigenvalue weighted by Crippen LogP contribution is -2.45. The molecule has 3 aromatic rings. The minimum Gasteiger partial charge on any atom is -0.474 e. The van der Waals surface area contributed by atoms with Crippen LogP contribution in [-0.4, -0.2) is 49.3 Å². The van der Waals surface area contributed by atoms with Crippen LogP contribution in [0.5, 0.6) is 5.88 Å². The van der Waals surface area contributed by atoms with Gasteiger partial charge in [0.1, 0.15) is 17.4 Å². The molecule has 10 heteroatoms. The van der Waals surface area contributed by atoms with Crippen molar-refractivity contribution in [3.63, 3.8) is 0 Å². The molecule has 0 radical (unpaired) electrons. The number of imidazole rings is 1. The Morgan fingerprint density at radius 2 is 2.09 bits per heavy atom. The summed E-state index contributed by atoms with van der Waals surface area (Å²) in [4.78, 5) is 35.2. The first-order chi connectivity index (χ1) is 16.2. The summed E-state index contributed by atoms with van der Waals surface area (Å²) in [6, 6.07) is 2.65. The molecule has 3 aromatic heterocycles. The number of carbonyl (C=O) groups is 1. The third kappa shape index (κ3) is 3.31. The van der Waals surface area contributed by atoms with Crippen molar-refractivity contribution < 1.29 is 18.7 Å². The lowest BCUT2D eigenvalue weighted by Gasteiger charge is -2.41. The van der Waals surface area contributed by atoms with Crippen molar-refractivity contribution in [3.8, 4) is 5.88 Å². The van der Waals surface area contributed by atoms with Gasteiger partial charge in [-0.2, -0.15) is 4.98 Å². The standard InChI is InChI=1S/C24H26FN5O4/c1-13(2)34-20-14(19(31)26-16-5-4-6-30(21(16)32)17-7-15(17)25)8-29-9-18(27-22(29)28-20)24-10-23(3,11-24)33-12-24/h4-6,8-9,13,15,17H,7,10-12H2,1-3H3,(H,26,31)/t15-,17-,23?,24?/m1/s1. The Balaban J connectivity index is 1.35. The van der Waals surface area contributed by atoms with Gasteiger partial charge in [0.05, 0.1) is 30.0 Å². The van der Waals surface area contributed by atoms with Crippen LogP contribution in [0.3, 0.4) is 0 Å². The Labute approximate surface area is 194 Å². The monoisotopic (exact) mass is 467 g/mol. The predicted molar refractivity (Wildman–Crippen MR) is 121 cm³/mol. The number of hydrogen-bond acceptors (Lipinski definition) is 6. The van der Waals surface area contributed by atoms with E-state index in [1.165, 1.54) is 16.8 Å². The predicted octanol–water partition coefficient (Wildman–Crippen LogP) is 3.03. The molecule has 5 heterocycles. The van der Waals surface area contributed by atoms with E-state index in [9.17, 15) is 14.0 Å². The summed E-state index contributed by atoms with van der Waals surface area (Å²) in [7, 11) is 0. The highest BCUT2D eigenvalue weighted by atomic mass is 19.1. The number of pyridine rings is 1. The van der Waals surface area contributed by atoms with Crippen molar-refractivity contribution in [2.75, 3.05) is 11.9 Å². The SMILES string of the molecule is CC(C)Oc1nc2nc(C34COC(C)(C3)C4)cn2cc1C(=O)Nc1cccn([C@@H]2C[C@H]2F)c1=O. The Bertz CT molecular complexity index is 1370. The smallest absolute Gasteiger partial charge is 0.274 e. The van der Waals surface area contributed by atoms with Gasteiger partial charge in [0, 0.05) is 30.4 Å². The number of amides is 1. The van der Waals surface area contributed by atoms with Crippen molar-refractivity contribution in [1.82, 2.24) is 18.9 Å². The number of nitrogens with zero attached hydrogens (tertiary/aromatic N) is 4. The molecule has 0 spiro atoms. The molecule has 0 aromatic carbocycles. The van der Waals surface area contributed by atoms with Gasteiger partial charge in [-0.25, -0.2) is 9.37 Å². The number of aromatic nitrogens is 4. The maximum absolute atomic E-state index is 13.5. The van der Waals surface area contributed by atoms with Crippen LogP contribution >= 0.6 is 0 Å². The molecule has 1 amide bonds. The van der Waals surface area contributed by atoms with E-state index < -0.39 is 23.7 Å². The van der Waals surface area contributed by atoms with Gasteiger partial charge in [-0.05, 0) is 45.7 Å². The van der Waals surface area contributed by atoms with Crippen LogP contribution in [0.25, 0.3) is 5.78 Å². The molecule has 2 atom stereocenters. The third-order valence-electron chi connectivity index (χ3n) is 6.93. The van der Waals surface area contributed by atoms with Gasteiger partial charge in [0.25, 0.3) is 11.5 Å². The average molecular weight is 468 g/mol. The minimum absolute atomic E-state index is 0.0734. The van der Waals surface area contributed by atoms with E-state index >= 15 is 0 Å². The number of nitrogens with one attached hydrogen (secondary N) is 1. The van der Waals surface area contributed by atoms with Crippen molar-refractivity contribution in [1.29, 1.82) is 0 Å². The van der Waals surface area contributed by atoms with Crippen LogP contribution in [0.15, 0.2) is 35.5 Å². The second kappa shape index (κ2) is 7.11. The highest BCUT2D eigenvalue weighted by molar-refractivity contribution is 6.05. The third-order valence-corrected chi connectivity index (χ3v) is 6.93. The summed E-state index contributed by atoms with van der Waals surface area (Å²) in [6.07, 6.45) is 5.91. The Morgan fingerprint density at radius 3 is 2.74 bits per heavy atom. The van der Waals surface area contributed by atoms with E-state index in [4.69, 9.17) is 14.5 Å². The summed E-state index contributed by atoms with van der Waals surface area (Å²) in [6.45, 7) is 6.41. The number of anilines is 1. The van der Waals surface area contributed by atoms with Gasteiger partial charge in [-0.1, -0.05) is 0 Å². The van der Waals surface area contributed by atoms with Crippen LogP contribution < -0.4 is 15.6 Å². The second-order valence-corrected chi connectivity index (χ2v) is 10.2. The summed E-state index contributed by atoms with van der Waals surface area (Å²) >= 11 is 0. The molecule has 7 rings (SSSR count). The Kier molecular flexibility index (Phi) is 4.45. The van der Waals surface area contributed by atoms with Gasteiger partial charge in [-0.3, -0.25) is 14.0 Å². The van der Waals surface area contributed by atoms with Gasteiger partial charge in [0.2, 0.25) is 11.7 Å². The zero-order valence-corrected chi connectivity index (χ0v) is 19.2. The molecular weight excluding hydrogens is 441 g/mol. The largest absolute Gasteiger partial charge is 0.474 e. The summed E-state index contributed by atoms with van der Waals surface area (Å²) in [5.41, 5.74) is 0.498. The average Bonchev–Trinajstić information content (AvgIpc) is 3.08. The fraction of sp³-hybridized carbons (Fsp3) is 0.500. The number of rotatable bonds is 6. The first-order valence-electron chi connectivity index (χ1n) is 11.5. The van der Waals surface area contributed by atoms with Crippen LogP contribution in [0, 0.1) is 0 Å². The Hall–Kier alpha value is -3.27. The quantitative estimate of drug-likeness (QED) is 0.598. The normalized spacial score (nSPS) is 29.3. The van der Waals surface area contributed by atoms with Crippen LogP contribution in [0.1, 0.15) is 62.1 Å². The number of alkyl halides is 1. The fourth-order valence-electron chi connectivity index (χ4n) is 5.28. The fourth-order valence-corrected chi connectivity index (χ4v) is 5.28. The summed E-state index contributed by atoms with van der Waals surface area (Å²) in [5.74, 6) is 0.0289. The van der Waals surface area contributed by atoms with Crippen molar-refractivity contribution in [2.45, 2.75) is 69.4 Å². The number of ether oxygens (including phenoxy) is 2. The van der Waals surface area contributed by atoms with Gasteiger partial charge < -0.3 is 19.4 Å². The highest BCUT2D eigenvalue weighted by Gasteiger charge is 2.61. The van der Waals surface area contributed by atoms with E-state index in [-0.39, 0.29) is 34.3 Å². The van der Waals surface area contributed by atoms with Crippen molar-refractivity contribution in [3.05, 3.63) is 52.3 Å². The molecular formula is C24H26FN5O4. The second-order valence-electron chi connectivity index (χ2n) is 10.2. The molecule has 9 nitrogen and oxygen atoms in total. The van der Waals surface area contributed by atoms with E-state index in [1.807, 2.05) is 20.0 Å². The molecule has 4 fully saturated rings. The lowest BCUT2D eigenvalue weighted by molar-refractivity contribution is 0.0154. The number of fused-ring (bicyclic) bond motifs is 2. The van der Waals surface area contributed by atoms with E-state index in [1.54, 1.807) is 16.7 Å². The topological polar surface area (TPSA) is 99.8 Å². The van der Waals surface area contributed by atoms with Gasteiger partial charge in [0.15, 0.2) is 0 Å². The lowest BCUT2D eigenvalue weighted by atomic mass is 9.62. The van der Waals surface area contributed by atoms with Crippen LogP contribution in [-0.2, 0) is 10.2 Å². The minimum atomic E-state index is -1.03. The zero-order chi connectivity index (χ0) is 23.8. The highest BCUT2D eigenvalue weighted by Crippen LogP contribution is 2.58. The molecule has 2 bridgehead atoms. The van der Waals surface area contributed by atoms with E-state index in [2.05, 4.69) is 17.2 Å². The maximum atomic E-state index is 13.5. The summed E-state index contributed by atoms with van der Waals surface area (Å²) < 4.78 is 28.3. The molecule has 178 valence electrons. The molecule has 34 heavy (non-hydrogen) atoms. The van der Waals surface area contributed by atoms with Crippen LogP contribution in [0.4, 0.5) is 10.1 Å². The van der Waals surface area contributed by atoms with Crippen molar-refractivity contribution >= 4 is 17.4 Å². The van der Waals surface area contributed by atoms with E-state index in [0.29, 0.717) is 18.8 Å². The molecule has 2 saturated carbocycles.